The lowest BCUT2D eigenvalue weighted by molar-refractivity contribution is 0.0697. The predicted octanol–water partition coefficient (Wildman–Crippen LogP) is 2.82. The highest BCUT2D eigenvalue weighted by atomic mass is 35.5. The van der Waals surface area contributed by atoms with Crippen LogP contribution in [0.3, 0.4) is 0 Å². The summed E-state index contributed by atoms with van der Waals surface area (Å²) in [6, 6.07) is 3.65. The molecule has 0 aliphatic carbocycles. The second-order valence-corrected chi connectivity index (χ2v) is 5.18. The van der Waals surface area contributed by atoms with Gasteiger partial charge < -0.3 is 15.7 Å². The van der Waals surface area contributed by atoms with E-state index in [4.69, 9.17) is 16.7 Å². The van der Waals surface area contributed by atoms with Crippen molar-refractivity contribution in [2.24, 2.45) is 0 Å². The highest BCUT2D eigenvalue weighted by Crippen LogP contribution is 2.19. The lowest BCUT2D eigenvalue weighted by Gasteiger charge is -2.07. The van der Waals surface area contributed by atoms with E-state index in [0.29, 0.717) is 12.2 Å². The number of aromatic carboxylic acids is 1. The number of nitrogens with one attached hydrogen (secondary N) is 2. The molecular weight excluding hydrogens is 302 g/mol. The first-order chi connectivity index (χ1) is 9.54. The van der Waals surface area contributed by atoms with Crippen LogP contribution in [0, 0.1) is 0 Å². The second kappa shape index (κ2) is 6.36. The van der Waals surface area contributed by atoms with Crippen molar-refractivity contribution in [3.05, 3.63) is 45.4 Å². The Bertz CT molecular complexity index is 631. The Kier molecular flexibility index (Phi) is 4.54. The van der Waals surface area contributed by atoms with Gasteiger partial charge in [-0.05, 0) is 18.2 Å². The molecule has 2 rings (SSSR count). The van der Waals surface area contributed by atoms with Gasteiger partial charge in [-0.15, -0.1) is 11.3 Å². The van der Waals surface area contributed by atoms with E-state index in [1.165, 1.54) is 29.5 Å². The number of hydrogen-bond donors (Lipinski definition) is 3. The van der Waals surface area contributed by atoms with Crippen LogP contribution in [0.4, 0.5) is 10.5 Å². The van der Waals surface area contributed by atoms with Gasteiger partial charge in [0.1, 0.15) is 5.01 Å². The van der Waals surface area contributed by atoms with Gasteiger partial charge in [0, 0.05) is 22.3 Å². The van der Waals surface area contributed by atoms with Crippen molar-refractivity contribution in [1.29, 1.82) is 0 Å². The van der Waals surface area contributed by atoms with E-state index < -0.39 is 12.0 Å². The van der Waals surface area contributed by atoms with E-state index in [1.807, 2.05) is 5.38 Å². The van der Waals surface area contributed by atoms with E-state index in [9.17, 15) is 9.59 Å². The number of carbonyl (C=O) groups excluding carboxylic acids is 1. The molecule has 2 amide bonds. The Balaban J connectivity index is 1.98. The number of hydrogen-bond acceptors (Lipinski definition) is 4. The SMILES string of the molecule is O=C(NCc1nccs1)Nc1cc(Cl)cc(C(=O)O)c1. The van der Waals surface area contributed by atoms with Crippen molar-refractivity contribution < 1.29 is 14.7 Å². The maximum absolute atomic E-state index is 11.7. The molecule has 0 aliphatic rings. The van der Waals surface area contributed by atoms with Crippen LogP contribution in [0.1, 0.15) is 15.4 Å². The summed E-state index contributed by atoms with van der Waals surface area (Å²) in [7, 11) is 0. The monoisotopic (exact) mass is 311 g/mol. The first kappa shape index (κ1) is 14.3. The predicted molar refractivity (Wildman–Crippen MR) is 76.4 cm³/mol. The Morgan fingerprint density at radius 2 is 2.15 bits per heavy atom. The summed E-state index contributed by atoms with van der Waals surface area (Å²) in [6.45, 7) is 0.301. The maximum atomic E-state index is 11.7. The molecule has 0 fully saturated rings. The van der Waals surface area contributed by atoms with Crippen molar-refractivity contribution in [3.8, 4) is 0 Å². The molecular formula is C12H10ClN3O3S. The smallest absolute Gasteiger partial charge is 0.335 e. The molecule has 3 N–H and O–H groups in total. The quantitative estimate of drug-likeness (QED) is 0.809. The number of benzene rings is 1. The second-order valence-electron chi connectivity index (χ2n) is 3.77. The van der Waals surface area contributed by atoms with Crippen LogP contribution >= 0.6 is 22.9 Å². The van der Waals surface area contributed by atoms with E-state index >= 15 is 0 Å². The van der Waals surface area contributed by atoms with Crippen molar-refractivity contribution in [2.45, 2.75) is 6.54 Å². The average molecular weight is 312 g/mol. The van der Waals surface area contributed by atoms with Crippen molar-refractivity contribution >= 4 is 40.6 Å². The molecule has 1 aromatic heterocycles. The van der Waals surface area contributed by atoms with Crippen LogP contribution in [0.2, 0.25) is 5.02 Å². The number of rotatable bonds is 4. The molecule has 0 saturated heterocycles. The van der Waals surface area contributed by atoms with Gasteiger partial charge in [-0.1, -0.05) is 11.6 Å². The van der Waals surface area contributed by atoms with Gasteiger partial charge >= 0.3 is 12.0 Å². The number of anilines is 1. The normalized spacial score (nSPS) is 10.1. The van der Waals surface area contributed by atoms with Gasteiger partial charge in [-0.25, -0.2) is 14.6 Å². The molecule has 0 spiro atoms. The Labute approximate surface area is 123 Å². The summed E-state index contributed by atoms with van der Waals surface area (Å²) >= 11 is 7.22. The molecule has 0 unspecified atom stereocenters. The third kappa shape index (κ3) is 3.94. The fraction of sp³-hybridized carbons (Fsp3) is 0.0833. The maximum Gasteiger partial charge on any atom is 0.335 e. The van der Waals surface area contributed by atoms with Crippen molar-refractivity contribution in [1.82, 2.24) is 10.3 Å². The number of nitrogens with zero attached hydrogens (tertiary/aromatic N) is 1. The lowest BCUT2D eigenvalue weighted by atomic mass is 10.2. The summed E-state index contributed by atoms with van der Waals surface area (Å²) in [5.41, 5.74) is 0.319. The van der Waals surface area contributed by atoms with Crippen LogP contribution in [0.25, 0.3) is 0 Å². The number of carbonyl (C=O) groups is 2. The fourth-order valence-electron chi connectivity index (χ4n) is 1.46. The first-order valence-electron chi connectivity index (χ1n) is 5.51. The van der Waals surface area contributed by atoms with Gasteiger partial charge in [0.25, 0.3) is 0 Å². The molecule has 20 heavy (non-hydrogen) atoms. The van der Waals surface area contributed by atoms with Gasteiger partial charge in [-0.3, -0.25) is 0 Å². The van der Waals surface area contributed by atoms with Gasteiger partial charge in [-0.2, -0.15) is 0 Å². The van der Waals surface area contributed by atoms with Crippen molar-refractivity contribution in [3.63, 3.8) is 0 Å². The minimum Gasteiger partial charge on any atom is -0.478 e. The molecule has 0 aliphatic heterocycles. The van der Waals surface area contributed by atoms with E-state index in [2.05, 4.69) is 15.6 Å². The van der Waals surface area contributed by atoms with Gasteiger partial charge in [0.2, 0.25) is 0 Å². The van der Waals surface area contributed by atoms with Crippen LogP contribution in [0.15, 0.2) is 29.8 Å². The zero-order valence-corrected chi connectivity index (χ0v) is 11.7. The Hall–Kier alpha value is -2.12. The summed E-state index contributed by atoms with van der Waals surface area (Å²) < 4.78 is 0. The standard InChI is InChI=1S/C12H10ClN3O3S/c13-8-3-7(11(17)18)4-9(5-8)16-12(19)15-6-10-14-1-2-20-10/h1-5H,6H2,(H,17,18)(H2,15,16,19). The molecule has 6 nitrogen and oxygen atoms in total. The summed E-state index contributed by atoms with van der Waals surface area (Å²) in [6.07, 6.45) is 1.65. The molecule has 8 heteroatoms. The lowest BCUT2D eigenvalue weighted by Crippen LogP contribution is -2.28. The summed E-state index contributed by atoms with van der Waals surface area (Å²) in [5, 5.41) is 16.9. The Morgan fingerprint density at radius 1 is 1.35 bits per heavy atom. The fourth-order valence-corrected chi connectivity index (χ4v) is 2.25. The number of amides is 2. The molecule has 1 aromatic carbocycles. The third-order valence-electron chi connectivity index (χ3n) is 2.29. The molecule has 0 radical (unpaired) electrons. The largest absolute Gasteiger partial charge is 0.478 e. The van der Waals surface area contributed by atoms with E-state index in [1.54, 1.807) is 6.20 Å². The van der Waals surface area contributed by atoms with Gasteiger partial charge in [0.15, 0.2) is 0 Å². The van der Waals surface area contributed by atoms with Crippen molar-refractivity contribution in [2.75, 3.05) is 5.32 Å². The molecule has 0 atom stereocenters. The highest BCUT2D eigenvalue weighted by molar-refractivity contribution is 7.09. The Morgan fingerprint density at radius 3 is 2.80 bits per heavy atom. The summed E-state index contributed by atoms with van der Waals surface area (Å²) in [5.74, 6) is -1.11. The highest BCUT2D eigenvalue weighted by Gasteiger charge is 2.08. The molecule has 1 heterocycles. The number of halogens is 1. The zero-order chi connectivity index (χ0) is 14.5. The number of aromatic nitrogens is 1. The molecule has 0 bridgehead atoms. The minimum atomic E-state index is -1.11. The van der Waals surface area contributed by atoms with Crippen LogP contribution in [-0.4, -0.2) is 22.1 Å². The average Bonchev–Trinajstić information content (AvgIpc) is 2.88. The first-order valence-corrected chi connectivity index (χ1v) is 6.77. The zero-order valence-electron chi connectivity index (χ0n) is 10.1. The summed E-state index contributed by atoms with van der Waals surface area (Å²) in [4.78, 5) is 26.6. The van der Waals surface area contributed by atoms with Crippen LogP contribution in [0.5, 0.6) is 0 Å². The van der Waals surface area contributed by atoms with Crippen LogP contribution < -0.4 is 10.6 Å². The number of urea groups is 1. The van der Waals surface area contributed by atoms with Crippen LogP contribution in [-0.2, 0) is 6.54 Å². The topological polar surface area (TPSA) is 91.3 Å². The third-order valence-corrected chi connectivity index (χ3v) is 3.28. The molecule has 2 aromatic rings. The number of carboxylic acids is 1. The molecule has 104 valence electrons. The number of carboxylic acid groups (broad SMARTS) is 1. The number of thiazole rings is 1. The van der Waals surface area contributed by atoms with Gasteiger partial charge in [0.05, 0.1) is 12.1 Å². The van der Waals surface area contributed by atoms with E-state index in [-0.39, 0.29) is 10.6 Å². The van der Waals surface area contributed by atoms with E-state index in [0.717, 1.165) is 5.01 Å². The minimum absolute atomic E-state index is 0.00715. The molecule has 0 saturated carbocycles.